The van der Waals surface area contributed by atoms with Gasteiger partial charge in [0.1, 0.15) is 11.6 Å². The molecule has 7 nitrogen and oxygen atoms in total. The summed E-state index contributed by atoms with van der Waals surface area (Å²) in [5.41, 5.74) is 0.430. The zero-order valence-electron chi connectivity index (χ0n) is 15.9. The molecule has 1 aromatic carbocycles. The van der Waals surface area contributed by atoms with Crippen LogP contribution in [0.25, 0.3) is 5.65 Å². The first-order valence-corrected chi connectivity index (χ1v) is 9.92. The fourth-order valence-electron chi connectivity index (χ4n) is 3.90. The van der Waals surface area contributed by atoms with Crippen LogP contribution in [0.3, 0.4) is 0 Å². The van der Waals surface area contributed by atoms with Gasteiger partial charge in [0.25, 0.3) is 0 Å². The van der Waals surface area contributed by atoms with Gasteiger partial charge in [0.15, 0.2) is 5.65 Å². The van der Waals surface area contributed by atoms with Gasteiger partial charge in [-0.15, -0.1) is 5.10 Å². The molecule has 3 heterocycles. The summed E-state index contributed by atoms with van der Waals surface area (Å²) in [6.45, 7) is 1.24. The second-order valence-corrected chi connectivity index (χ2v) is 7.88. The van der Waals surface area contributed by atoms with Crippen LogP contribution in [0.15, 0.2) is 42.5 Å². The van der Waals surface area contributed by atoms with Crippen molar-refractivity contribution >= 4 is 23.3 Å². The standard InChI is InChI=1S/C21H22FN5O2/c22-16-8-6-15(7-9-16)21(29)10-12-26(13-11-21)18-3-1-2-17-23-20(25-27(17)18)24-19(28)14-4-5-14/h1-3,6-9,14,29H,4-5,10-13H2,(H,24,25,28). The highest BCUT2D eigenvalue weighted by atomic mass is 19.1. The summed E-state index contributed by atoms with van der Waals surface area (Å²) < 4.78 is 14.9. The van der Waals surface area contributed by atoms with Crippen LogP contribution < -0.4 is 10.2 Å². The van der Waals surface area contributed by atoms with Gasteiger partial charge in [0, 0.05) is 19.0 Å². The molecule has 2 N–H and O–H groups in total. The van der Waals surface area contributed by atoms with Crippen molar-refractivity contribution in [1.29, 1.82) is 0 Å². The molecule has 150 valence electrons. The van der Waals surface area contributed by atoms with Crippen LogP contribution in [0, 0.1) is 11.7 Å². The van der Waals surface area contributed by atoms with Crippen molar-refractivity contribution in [2.75, 3.05) is 23.3 Å². The predicted octanol–water partition coefficient (Wildman–Crippen LogP) is 2.70. The molecule has 2 aliphatic rings. The first-order chi connectivity index (χ1) is 14.0. The molecular weight excluding hydrogens is 373 g/mol. The van der Waals surface area contributed by atoms with Crippen molar-refractivity contribution < 1.29 is 14.3 Å². The van der Waals surface area contributed by atoms with Crippen molar-refractivity contribution in [2.24, 2.45) is 5.92 Å². The van der Waals surface area contributed by atoms with E-state index in [1.54, 1.807) is 16.6 Å². The number of rotatable bonds is 4. The Hall–Kier alpha value is -3.00. The van der Waals surface area contributed by atoms with E-state index in [-0.39, 0.29) is 17.6 Å². The Kier molecular flexibility index (Phi) is 4.24. The number of aliphatic hydroxyl groups is 1. The summed E-state index contributed by atoms with van der Waals surface area (Å²) in [6.07, 6.45) is 2.90. The SMILES string of the molecule is O=C(Nc1nc2cccc(N3CCC(O)(c4ccc(F)cc4)CC3)n2n1)C1CC1. The molecule has 1 amide bonds. The van der Waals surface area contributed by atoms with Crippen LogP contribution in [0.1, 0.15) is 31.2 Å². The third-order valence-electron chi connectivity index (χ3n) is 5.82. The van der Waals surface area contributed by atoms with Gasteiger partial charge >= 0.3 is 0 Å². The maximum atomic E-state index is 13.2. The number of nitrogens with zero attached hydrogens (tertiary/aromatic N) is 4. The highest BCUT2D eigenvalue weighted by Crippen LogP contribution is 2.35. The number of halogens is 1. The fraction of sp³-hybridized carbons (Fsp3) is 0.381. The molecule has 1 aliphatic heterocycles. The number of anilines is 2. The zero-order valence-corrected chi connectivity index (χ0v) is 15.9. The monoisotopic (exact) mass is 395 g/mol. The summed E-state index contributed by atoms with van der Waals surface area (Å²) in [6, 6.07) is 11.8. The number of carbonyl (C=O) groups is 1. The number of aromatic nitrogens is 3. The molecule has 1 saturated heterocycles. The molecule has 0 unspecified atom stereocenters. The van der Waals surface area contributed by atoms with Gasteiger partial charge in [-0.1, -0.05) is 18.2 Å². The minimum absolute atomic E-state index is 0.0233. The van der Waals surface area contributed by atoms with Gasteiger partial charge in [-0.25, -0.2) is 4.39 Å². The Bertz CT molecular complexity index is 1050. The number of benzene rings is 1. The summed E-state index contributed by atoms with van der Waals surface area (Å²) in [7, 11) is 0. The summed E-state index contributed by atoms with van der Waals surface area (Å²) in [5.74, 6) is 0.937. The Morgan fingerprint density at radius 1 is 1.14 bits per heavy atom. The maximum absolute atomic E-state index is 13.2. The Morgan fingerprint density at radius 2 is 1.86 bits per heavy atom. The van der Waals surface area contributed by atoms with Crippen LogP contribution in [0.2, 0.25) is 0 Å². The molecule has 1 saturated carbocycles. The van der Waals surface area contributed by atoms with E-state index >= 15 is 0 Å². The number of carbonyl (C=O) groups excluding carboxylic acids is 1. The topological polar surface area (TPSA) is 82.8 Å². The van der Waals surface area contributed by atoms with Crippen LogP contribution in [0.4, 0.5) is 16.2 Å². The summed E-state index contributed by atoms with van der Waals surface area (Å²) >= 11 is 0. The van der Waals surface area contributed by atoms with Gasteiger partial charge < -0.3 is 10.0 Å². The smallest absolute Gasteiger partial charge is 0.249 e. The van der Waals surface area contributed by atoms with E-state index in [4.69, 9.17) is 0 Å². The number of nitrogens with one attached hydrogen (secondary N) is 1. The molecule has 5 rings (SSSR count). The zero-order chi connectivity index (χ0) is 20.0. The van der Waals surface area contributed by atoms with Gasteiger partial charge in [-0.05, 0) is 55.5 Å². The second kappa shape index (κ2) is 6.81. The van der Waals surface area contributed by atoms with E-state index in [9.17, 15) is 14.3 Å². The number of fused-ring (bicyclic) bond motifs is 1. The van der Waals surface area contributed by atoms with E-state index < -0.39 is 5.60 Å². The average Bonchev–Trinajstić information content (AvgIpc) is 3.49. The number of amides is 1. The average molecular weight is 395 g/mol. The number of piperidine rings is 1. The number of pyridine rings is 1. The van der Waals surface area contributed by atoms with Gasteiger partial charge in [0.2, 0.25) is 11.9 Å². The lowest BCUT2D eigenvalue weighted by atomic mass is 9.84. The van der Waals surface area contributed by atoms with Crippen LogP contribution in [-0.2, 0) is 10.4 Å². The molecular formula is C21H22FN5O2. The minimum Gasteiger partial charge on any atom is -0.385 e. The molecule has 2 aromatic heterocycles. The molecule has 1 aliphatic carbocycles. The largest absolute Gasteiger partial charge is 0.385 e. The number of hydrogen-bond donors (Lipinski definition) is 2. The molecule has 3 aromatic rings. The van der Waals surface area contributed by atoms with Crippen molar-refractivity contribution in [3.8, 4) is 0 Å². The molecule has 29 heavy (non-hydrogen) atoms. The molecule has 0 bridgehead atoms. The molecule has 0 atom stereocenters. The predicted molar refractivity (Wildman–Crippen MR) is 106 cm³/mol. The van der Waals surface area contributed by atoms with E-state index in [1.807, 2.05) is 18.2 Å². The van der Waals surface area contributed by atoms with Gasteiger partial charge in [-0.3, -0.25) is 10.1 Å². The van der Waals surface area contributed by atoms with Crippen LogP contribution in [-0.4, -0.2) is 38.7 Å². The van der Waals surface area contributed by atoms with Crippen molar-refractivity contribution in [1.82, 2.24) is 14.6 Å². The Morgan fingerprint density at radius 3 is 2.55 bits per heavy atom. The molecule has 2 fully saturated rings. The first-order valence-electron chi connectivity index (χ1n) is 9.92. The van der Waals surface area contributed by atoms with E-state index in [0.717, 1.165) is 24.2 Å². The van der Waals surface area contributed by atoms with Gasteiger partial charge in [-0.2, -0.15) is 9.50 Å². The molecule has 0 spiro atoms. The Balaban J connectivity index is 1.35. The molecule has 0 radical (unpaired) electrons. The highest BCUT2D eigenvalue weighted by molar-refractivity contribution is 5.92. The van der Waals surface area contributed by atoms with Crippen LogP contribution in [0.5, 0.6) is 0 Å². The quantitative estimate of drug-likeness (QED) is 0.710. The second-order valence-electron chi connectivity index (χ2n) is 7.88. The lowest BCUT2D eigenvalue weighted by Gasteiger charge is -2.39. The van der Waals surface area contributed by atoms with E-state index in [0.29, 0.717) is 37.5 Å². The normalized spacial score (nSPS) is 18.8. The Labute approximate surface area is 167 Å². The van der Waals surface area contributed by atoms with Crippen molar-refractivity contribution in [2.45, 2.75) is 31.3 Å². The lowest BCUT2D eigenvalue weighted by molar-refractivity contribution is -0.117. The first kappa shape index (κ1) is 18.1. The minimum atomic E-state index is -0.968. The van der Waals surface area contributed by atoms with Crippen LogP contribution >= 0.6 is 0 Å². The fourth-order valence-corrected chi connectivity index (χ4v) is 3.90. The summed E-state index contributed by atoms with van der Waals surface area (Å²) in [4.78, 5) is 18.6. The molecule has 8 heteroatoms. The van der Waals surface area contributed by atoms with E-state index in [2.05, 4.69) is 20.3 Å². The van der Waals surface area contributed by atoms with Gasteiger partial charge in [0.05, 0.1) is 5.60 Å². The third-order valence-corrected chi connectivity index (χ3v) is 5.82. The van der Waals surface area contributed by atoms with Crippen molar-refractivity contribution in [3.05, 3.63) is 53.8 Å². The number of hydrogen-bond acceptors (Lipinski definition) is 5. The van der Waals surface area contributed by atoms with Crippen molar-refractivity contribution in [3.63, 3.8) is 0 Å². The maximum Gasteiger partial charge on any atom is 0.249 e. The van der Waals surface area contributed by atoms with E-state index in [1.165, 1.54) is 12.1 Å². The lowest BCUT2D eigenvalue weighted by Crippen LogP contribution is -2.43. The third kappa shape index (κ3) is 3.44. The summed E-state index contributed by atoms with van der Waals surface area (Å²) in [5, 5.41) is 18.3. The highest BCUT2D eigenvalue weighted by Gasteiger charge is 2.35.